The molecule has 0 fully saturated rings. The highest BCUT2D eigenvalue weighted by Gasteiger charge is 2.22. The maximum atomic E-state index is 14.3. The van der Waals surface area contributed by atoms with E-state index in [9.17, 15) is 17.9 Å². The number of halogens is 1. The Bertz CT molecular complexity index is 1010. The molecule has 0 radical (unpaired) electrons. The zero-order valence-corrected chi connectivity index (χ0v) is 18.2. The lowest BCUT2D eigenvalue weighted by Gasteiger charge is -2.28. The van der Waals surface area contributed by atoms with E-state index < -0.39 is 27.5 Å². The van der Waals surface area contributed by atoms with E-state index >= 15 is 0 Å². The van der Waals surface area contributed by atoms with Gasteiger partial charge in [-0.3, -0.25) is 0 Å². The van der Waals surface area contributed by atoms with Gasteiger partial charge in [0.15, 0.2) is 0 Å². The molecule has 0 amide bonds. The monoisotopic (exact) mass is 437 g/mol. The van der Waals surface area contributed by atoms with Crippen LogP contribution in [0.4, 0.5) is 4.39 Å². The fourth-order valence-corrected chi connectivity index (χ4v) is 3.39. The van der Waals surface area contributed by atoms with E-state index in [1.54, 1.807) is 12.1 Å². The minimum absolute atomic E-state index is 0.0353. The number of pyridine rings is 1. The molecule has 0 unspecified atom stereocenters. The lowest BCUT2D eigenvalue weighted by Crippen LogP contribution is -2.46. The van der Waals surface area contributed by atoms with E-state index in [-0.39, 0.29) is 24.5 Å². The number of aryl methyl sites for hydroxylation is 1. The summed E-state index contributed by atoms with van der Waals surface area (Å²) in [6.07, 6.45) is 1.09. The highest BCUT2D eigenvalue weighted by atomic mass is 32.2. The predicted molar refractivity (Wildman–Crippen MR) is 114 cm³/mol. The number of aromatic nitrogens is 1. The summed E-state index contributed by atoms with van der Waals surface area (Å²) in [5.41, 5.74) is 1.43. The molecule has 0 spiro atoms. The van der Waals surface area contributed by atoms with E-state index in [0.717, 1.165) is 11.6 Å². The number of nitrogens with zero attached hydrogens (tertiary/aromatic N) is 1. The minimum Gasteiger partial charge on any atom is -0.475 e. The zero-order valence-electron chi connectivity index (χ0n) is 17.4. The van der Waals surface area contributed by atoms with E-state index in [0.29, 0.717) is 17.1 Å². The highest BCUT2D eigenvalue weighted by molar-refractivity contribution is 7.89. The molecule has 1 atom stereocenters. The number of nitrogens with two attached hydrogens (primary N) is 1. The van der Waals surface area contributed by atoms with Crippen LogP contribution >= 0.6 is 0 Å². The summed E-state index contributed by atoms with van der Waals surface area (Å²) >= 11 is 0. The first-order valence-corrected chi connectivity index (χ1v) is 10.9. The van der Waals surface area contributed by atoms with Gasteiger partial charge >= 0.3 is 0 Å². The maximum Gasteiger partial charge on any atom is 0.238 e. The summed E-state index contributed by atoms with van der Waals surface area (Å²) < 4.78 is 42.5. The van der Waals surface area contributed by atoms with Crippen LogP contribution in [-0.2, 0) is 16.4 Å². The van der Waals surface area contributed by atoms with Crippen LogP contribution in [0.1, 0.15) is 30.7 Å². The molecule has 30 heavy (non-hydrogen) atoms. The number of hydrogen-bond acceptors (Lipinski definition) is 6. The van der Waals surface area contributed by atoms with Crippen LogP contribution in [0.5, 0.6) is 5.88 Å². The second-order valence-corrected chi connectivity index (χ2v) is 9.38. The van der Waals surface area contributed by atoms with Crippen LogP contribution in [0, 0.1) is 12.7 Å². The van der Waals surface area contributed by atoms with E-state index in [4.69, 9.17) is 9.88 Å². The molecule has 0 saturated carbocycles. The van der Waals surface area contributed by atoms with Gasteiger partial charge in [-0.1, -0.05) is 12.6 Å². The quantitative estimate of drug-likeness (QED) is 0.525. The van der Waals surface area contributed by atoms with Gasteiger partial charge in [-0.25, -0.2) is 22.9 Å². The second-order valence-electron chi connectivity index (χ2n) is 7.82. The van der Waals surface area contributed by atoms with Crippen molar-refractivity contribution in [2.45, 2.75) is 43.7 Å². The molecule has 7 nitrogen and oxygen atoms in total. The standard InChI is InChI=1S/C21H28FN3O4S/c1-5-16-8-14(2)9-20(25-16)29-13-17(26)12-24-21(3,4)11-15-6-7-18(10-19(15)22)30(23,27)28/h5-10,17,24,26H,1,11-13H2,2-4H3,(H2,23,27,28)/t17-/m0/s1. The van der Waals surface area contributed by atoms with Crippen LogP contribution in [0.25, 0.3) is 6.08 Å². The fourth-order valence-electron chi connectivity index (χ4n) is 2.86. The van der Waals surface area contributed by atoms with Gasteiger partial charge in [-0.05, 0) is 62.6 Å². The lowest BCUT2D eigenvalue weighted by atomic mass is 9.94. The molecule has 0 saturated heterocycles. The molecule has 9 heteroatoms. The third-order valence-corrected chi connectivity index (χ3v) is 5.31. The lowest BCUT2D eigenvalue weighted by molar-refractivity contribution is 0.0964. The van der Waals surface area contributed by atoms with Crippen LogP contribution in [0.15, 0.2) is 41.8 Å². The Morgan fingerprint density at radius 1 is 1.37 bits per heavy atom. The molecule has 4 N–H and O–H groups in total. The smallest absolute Gasteiger partial charge is 0.238 e. The summed E-state index contributed by atoms with van der Waals surface area (Å²) in [6.45, 7) is 9.55. The average Bonchev–Trinajstić information content (AvgIpc) is 2.65. The average molecular weight is 438 g/mol. The Balaban J connectivity index is 1.91. The number of ether oxygens (including phenoxy) is 1. The number of benzene rings is 1. The van der Waals surface area contributed by atoms with Crippen molar-refractivity contribution in [3.8, 4) is 5.88 Å². The number of rotatable bonds is 10. The summed E-state index contributed by atoms with van der Waals surface area (Å²) in [7, 11) is -3.96. The third-order valence-electron chi connectivity index (χ3n) is 4.40. The van der Waals surface area contributed by atoms with Gasteiger partial charge in [0.2, 0.25) is 15.9 Å². The molecule has 0 aliphatic rings. The highest BCUT2D eigenvalue weighted by Crippen LogP contribution is 2.19. The summed E-state index contributed by atoms with van der Waals surface area (Å²) in [5, 5.41) is 18.4. The van der Waals surface area contributed by atoms with Gasteiger partial charge < -0.3 is 15.2 Å². The molecule has 2 rings (SSSR count). The van der Waals surface area contributed by atoms with Crippen molar-refractivity contribution in [3.05, 3.63) is 59.5 Å². The van der Waals surface area contributed by atoms with Crippen molar-refractivity contribution in [2.24, 2.45) is 5.14 Å². The molecular formula is C21H28FN3O4S. The Labute approximate surface area is 176 Å². The summed E-state index contributed by atoms with van der Waals surface area (Å²) in [5.74, 6) is -0.246. The molecule has 0 aliphatic heterocycles. The first-order valence-electron chi connectivity index (χ1n) is 9.38. The normalized spacial score (nSPS) is 13.1. The molecule has 1 aromatic heterocycles. The number of hydrogen-bond donors (Lipinski definition) is 3. The van der Waals surface area contributed by atoms with Gasteiger partial charge in [0.1, 0.15) is 18.5 Å². The second kappa shape index (κ2) is 9.65. The van der Waals surface area contributed by atoms with Gasteiger partial charge in [-0.2, -0.15) is 0 Å². The molecular weight excluding hydrogens is 409 g/mol. The van der Waals surface area contributed by atoms with Crippen molar-refractivity contribution < 1.29 is 22.7 Å². The number of nitrogens with one attached hydrogen (secondary N) is 1. The first kappa shape index (κ1) is 23.9. The number of sulfonamides is 1. The van der Waals surface area contributed by atoms with Gasteiger partial charge in [-0.15, -0.1) is 0 Å². The minimum atomic E-state index is -3.96. The number of aliphatic hydroxyl groups excluding tert-OH is 1. The molecule has 1 heterocycles. The molecule has 164 valence electrons. The number of primary sulfonamides is 1. The largest absolute Gasteiger partial charge is 0.475 e. The van der Waals surface area contributed by atoms with E-state index in [1.165, 1.54) is 12.1 Å². The third kappa shape index (κ3) is 7.17. The van der Waals surface area contributed by atoms with Crippen LogP contribution in [0.3, 0.4) is 0 Å². The van der Waals surface area contributed by atoms with Crippen molar-refractivity contribution >= 4 is 16.1 Å². The van der Waals surface area contributed by atoms with Crippen molar-refractivity contribution in [2.75, 3.05) is 13.2 Å². The molecule has 0 bridgehead atoms. The van der Waals surface area contributed by atoms with Crippen LogP contribution < -0.4 is 15.2 Å². The SMILES string of the molecule is C=Cc1cc(C)cc(OC[C@@H](O)CNC(C)(C)Cc2ccc(S(N)(=O)=O)cc2F)n1. The topological polar surface area (TPSA) is 115 Å². The van der Waals surface area contributed by atoms with Crippen LogP contribution in [-0.4, -0.2) is 43.3 Å². The van der Waals surface area contributed by atoms with Gasteiger partial charge in [0, 0.05) is 18.2 Å². The summed E-state index contributed by atoms with van der Waals surface area (Å²) in [6, 6.07) is 7.23. The van der Waals surface area contributed by atoms with Crippen molar-refractivity contribution in [1.29, 1.82) is 0 Å². The van der Waals surface area contributed by atoms with Gasteiger partial charge in [0.25, 0.3) is 0 Å². The Hall–Kier alpha value is -2.33. The Kier molecular flexibility index (Phi) is 7.70. The maximum absolute atomic E-state index is 14.3. The first-order chi connectivity index (χ1) is 13.9. The molecule has 1 aromatic carbocycles. The Morgan fingerprint density at radius 2 is 2.07 bits per heavy atom. The van der Waals surface area contributed by atoms with Gasteiger partial charge in [0.05, 0.1) is 10.6 Å². The van der Waals surface area contributed by atoms with E-state index in [1.807, 2.05) is 26.8 Å². The van der Waals surface area contributed by atoms with Crippen LogP contribution in [0.2, 0.25) is 0 Å². The zero-order chi connectivity index (χ0) is 22.5. The van der Waals surface area contributed by atoms with Crippen molar-refractivity contribution in [3.63, 3.8) is 0 Å². The molecule has 0 aliphatic carbocycles. The van der Waals surface area contributed by atoms with Crippen molar-refractivity contribution in [1.82, 2.24) is 10.3 Å². The molecule has 2 aromatic rings. The fraction of sp³-hybridized carbons (Fsp3) is 0.381. The number of aliphatic hydroxyl groups is 1. The van der Waals surface area contributed by atoms with E-state index in [2.05, 4.69) is 16.9 Å². The predicted octanol–water partition coefficient (Wildman–Crippen LogP) is 2.17. The summed E-state index contributed by atoms with van der Waals surface area (Å²) in [4.78, 5) is 3.99. The number of β-amino-alcohol motifs (C(OH)–C–C–N with tert-alkyl or cyclic N) is 1. The Morgan fingerprint density at radius 3 is 2.67 bits per heavy atom.